The quantitative estimate of drug-likeness (QED) is 0.565. The summed E-state index contributed by atoms with van der Waals surface area (Å²) in [6, 6.07) is 15.8. The molecule has 0 bridgehead atoms. The fraction of sp³-hybridized carbons (Fsp3) is 0. The first-order valence-corrected chi connectivity index (χ1v) is 6.70. The molecule has 0 radical (unpaired) electrons. The van der Waals surface area contributed by atoms with Gasteiger partial charge in [-0.3, -0.25) is 0 Å². The fourth-order valence-corrected chi connectivity index (χ4v) is 2.45. The third-order valence-corrected chi connectivity index (χ3v) is 3.55. The van der Waals surface area contributed by atoms with Crippen LogP contribution in [0.15, 0.2) is 53.9 Å². The molecule has 1 aromatic carbocycles. The minimum Gasteiger partial charge on any atom is -0.308 e. The van der Waals surface area contributed by atoms with Crippen molar-refractivity contribution in [3.8, 4) is 22.0 Å². The summed E-state index contributed by atoms with van der Waals surface area (Å²) in [5, 5.41) is 2.00. The Hall–Kier alpha value is -2.24. The number of benzene rings is 1. The van der Waals surface area contributed by atoms with E-state index in [1.807, 2.05) is 53.9 Å². The molecule has 2 aromatic heterocycles. The third kappa shape index (κ3) is 2.47. The zero-order valence-corrected chi connectivity index (χ0v) is 10.9. The standard InChI is InChI=1S/C14H12N4S/c15-18-13-9-11(10-5-2-1-3-6-10)16-14(17-13)12-7-4-8-19-12/h1-9H,15H2,(H,16,17,18). The molecule has 5 heteroatoms. The Balaban J connectivity index is 2.13. The van der Waals surface area contributed by atoms with Gasteiger partial charge >= 0.3 is 0 Å². The number of nitrogens with zero attached hydrogens (tertiary/aromatic N) is 2. The highest BCUT2D eigenvalue weighted by molar-refractivity contribution is 7.13. The van der Waals surface area contributed by atoms with E-state index >= 15 is 0 Å². The summed E-state index contributed by atoms with van der Waals surface area (Å²) in [6.07, 6.45) is 0. The summed E-state index contributed by atoms with van der Waals surface area (Å²) >= 11 is 1.61. The van der Waals surface area contributed by atoms with E-state index in [1.165, 1.54) is 0 Å². The Kier molecular flexibility index (Phi) is 3.22. The third-order valence-electron chi connectivity index (χ3n) is 2.69. The lowest BCUT2D eigenvalue weighted by atomic mass is 10.1. The number of nitrogens with two attached hydrogens (primary N) is 1. The van der Waals surface area contributed by atoms with Crippen LogP contribution >= 0.6 is 11.3 Å². The summed E-state index contributed by atoms with van der Waals surface area (Å²) in [7, 11) is 0. The Morgan fingerprint density at radius 1 is 1.00 bits per heavy atom. The highest BCUT2D eigenvalue weighted by Gasteiger charge is 2.08. The summed E-state index contributed by atoms with van der Waals surface area (Å²) < 4.78 is 0. The van der Waals surface area contributed by atoms with Crippen molar-refractivity contribution in [1.82, 2.24) is 9.97 Å². The van der Waals surface area contributed by atoms with Gasteiger partial charge in [0.05, 0.1) is 10.6 Å². The number of hydrogen-bond acceptors (Lipinski definition) is 5. The lowest BCUT2D eigenvalue weighted by Gasteiger charge is -2.06. The van der Waals surface area contributed by atoms with E-state index in [1.54, 1.807) is 11.3 Å². The van der Waals surface area contributed by atoms with Gasteiger partial charge in [0.15, 0.2) is 5.82 Å². The summed E-state index contributed by atoms with van der Waals surface area (Å²) in [5.74, 6) is 6.78. The Morgan fingerprint density at radius 2 is 1.84 bits per heavy atom. The average Bonchev–Trinajstić information content (AvgIpc) is 3.02. The summed E-state index contributed by atoms with van der Waals surface area (Å²) in [6.45, 7) is 0. The molecule has 2 heterocycles. The fourth-order valence-electron chi connectivity index (χ4n) is 1.79. The molecule has 0 amide bonds. The van der Waals surface area contributed by atoms with Crippen LogP contribution in [-0.4, -0.2) is 9.97 Å². The number of hydrazine groups is 1. The van der Waals surface area contributed by atoms with Crippen molar-refractivity contribution in [3.05, 3.63) is 53.9 Å². The molecule has 0 atom stereocenters. The Morgan fingerprint density at radius 3 is 2.53 bits per heavy atom. The predicted molar refractivity (Wildman–Crippen MR) is 78.6 cm³/mol. The zero-order chi connectivity index (χ0) is 13.1. The molecule has 0 saturated carbocycles. The lowest BCUT2D eigenvalue weighted by Crippen LogP contribution is -2.09. The molecule has 3 rings (SSSR count). The largest absolute Gasteiger partial charge is 0.308 e. The molecule has 94 valence electrons. The second-order valence-corrected chi connectivity index (χ2v) is 4.90. The van der Waals surface area contributed by atoms with Crippen molar-refractivity contribution >= 4 is 17.2 Å². The lowest BCUT2D eigenvalue weighted by molar-refractivity contribution is 1.16. The first kappa shape index (κ1) is 11.8. The van der Waals surface area contributed by atoms with Crippen LogP contribution in [0, 0.1) is 0 Å². The molecular formula is C14H12N4S. The molecule has 0 unspecified atom stereocenters. The second kappa shape index (κ2) is 5.17. The number of nitrogens with one attached hydrogen (secondary N) is 1. The molecule has 3 aromatic rings. The molecule has 0 aliphatic rings. The van der Waals surface area contributed by atoms with Crippen LogP contribution in [0.5, 0.6) is 0 Å². The van der Waals surface area contributed by atoms with E-state index in [4.69, 9.17) is 5.84 Å². The normalized spacial score (nSPS) is 10.4. The maximum Gasteiger partial charge on any atom is 0.172 e. The van der Waals surface area contributed by atoms with E-state index in [0.29, 0.717) is 11.6 Å². The number of rotatable bonds is 3. The molecule has 4 nitrogen and oxygen atoms in total. The van der Waals surface area contributed by atoms with E-state index in [2.05, 4.69) is 15.4 Å². The Labute approximate surface area is 114 Å². The van der Waals surface area contributed by atoms with Crippen LogP contribution in [0.2, 0.25) is 0 Å². The SMILES string of the molecule is NNc1cc(-c2ccccc2)nc(-c2cccs2)n1. The summed E-state index contributed by atoms with van der Waals surface area (Å²) in [5.41, 5.74) is 4.49. The number of aromatic nitrogens is 2. The minimum atomic E-state index is 0.609. The smallest absolute Gasteiger partial charge is 0.172 e. The molecule has 19 heavy (non-hydrogen) atoms. The van der Waals surface area contributed by atoms with Crippen LogP contribution in [0.4, 0.5) is 5.82 Å². The molecule has 0 fully saturated rings. The monoisotopic (exact) mass is 268 g/mol. The van der Waals surface area contributed by atoms with Gasteiger partial charge in [0.2, 0.25) is 0 Å². The first-order valence-electron chi connectivity index (χ1n) is 5.82. The average molecular weight is 268 g/mol. The van der Waals surface area contributed by atoms with E-state index < -0.39 is 0 Å². The van der Waals surface area contributed by atoms with Crippen molar-refractivity contribution < 1.29 is 0 Å². The first-order chi connectivity index (χ1) is 9.36. The molecule has 0 aliphatic heterocycles. The minimum absolute atomic E-state index is 0.609. The van der Waals surface area contributed by atoms with E-state index in [0.717, 1.165) is 16.1 Å². The summed E-state index contributed by atoms with van der Waals surface area (Å²) in [4.78, 5) is 10.0. The topological polar surface area (TPSA) is 63.8 Å². The van der Waals surface area contributed by atoms with Crippen molar-refractivity contribution in [2.24, 2.45) is 5.84 Å². The number of hydrogen-bond donors (Lipinski definition) is 2. The molecule has 0 saturated heterocycles. The van der Waals surface area contributed by atoms with Crippen LogP contribution < -0.4 is 11.3 Å². The van der Waals surface area contributed by atoms with Gasteiger partial charge in [0.1, 0.15) is 5.82 Å². The van der Waals surface area contributed by atoms with Crippen LogP contribution in [0.1, 0.15) is 0 Å². The molecule has 3 N–H and O–H groups in total. The van der Waals surface area contributed by atoms with Gasteiger partial charge in [-0.1, -0.05) is 36.4 Å². The molecule has 0 aliphatic carbocycles. The number of anilines is 1. The van der Waals surface area contributed by atoms with Gasteiger partial charge in [0.25, 0.3) is 0 Å². The van der Waals surface area contributed by atoms with Gasteiger partial charge in [-0.05, 0) is 11.4 Å². The molecular weight excluding hydrogens is 256 g/mol. The number of nitrogen functional groups attached to an aromatic ring is 1. The van der Waals surface area contributed by atoms with Gasteiger partial charge in [-0.25, -0.2) is 15.8 Å². The van der Waals surface area contributed by atoms with Crippen molar-refractivity contribution in [1.29, 1.82) is 0 Å². The van der Waals surface area contributed by atoms with Crippen molar-refractivity contribution in [2.75, 3.05) is 5.43 Å². The highest BCUT2D eigenvalue weighted by atomic mass is 32.1. The maximum atomic E-state index is 5.48. The van der Waals surface area contributed by atoms with E-state index in [9.17, 15) is 0 Å². The van der Waals surface area contributed by atoms with Crippen molar-refractivity contribution in [3.63, 3.8) is 0 Å². The van der Waals surface area contributed by atoms with Gasteiger partial charge < -0.3 is 5.43 Å². The van der Waals surface area contributed by atoms with E-state index in [-0.39, 0.29) is 0 Å². The molecule has 0 spiro atoms. The van der Waals surface area contributed by atoms with Crippen LogP contribution in [0.3, 0.4) is 0 Å². The highest BCUT2D eigenvalue weighted by Crippen LogP contribution is 2.26. The number of thiophene rings is 1. The zero-order valence-electron chi connectivity index (χ0n) is 10.1. The van der Waals surface area contributed by atoms with Gasteiger partial charge in [-0.2, -0.15) is 0 Å². The van der Waals surface area contributed by atoms with Gasteiger partial charge in [-0.15, -0.1) is 11.3 Å². The predicted octanol–water partition coefficient (Wildman–Crippen LogP) is 3.16. The van der Waals surface area contributed by atoms with Crippen LogP contribution in [-0.2, 0) is 0 Å². The Bertz CT molecular complexity index is 665. The maximum absolute atomic E-state index is 5.48. The second-order valence-electron chi connectivity index (χ2n) is 3.95. The van der Waals surface area contributed by atoms with Gasteiger partial charge in [0, 0.05) is 11.6 Å². The van der Waals surface area contributed by atoms with Crippen LogP contribution in [0.25, 0.3) is 22.0 Å². The van der Waals surface area contributed by atoms with Crippen molar-refractivity contribution in [2.45, 2.75) is 0 Å².